The molecule has 2 heterocycles. The first-order valence-electron chi connectivity index (χ1n) is 13.7. The molecule has 0 saturated heterocycles. The number of rotatable bonds is 7. The van der Waals surface area contributed by atoms with Gasteiger partial charge in [-0.2, -0.15) is 5.10 Å². The number of hydrogen-bond donors (Lipinski definition) is 3. The average Bonchev–Trinajstić information content (AvgIpc) is 3.44. The minimum atomic E-state index is -0.929. The summed E-state index contributed by atoms with van der Waals surface area (Å²) in [4.78, 5) is 29.9. The van der Waals surface area contributed by atoms with Gasteiger partial charge in [-0.3, -0.25) is 19.9 Å². The molecule has 0 saturated carbocycles. The number of amides is 2. The van der Waals surface area contributed by atoms with Gasteiger partial charge >= 0.3 is 0 Å². The molecule has 0 fully saturated rings. The zero-order valence-corrected chi connectivity index (χ0v) is 23.8. The second-order valence-electron chi connectivity index (χ2n) is 11.2. The molecule has 212 valence electrons. The number of pyridine rings is 1. The van der Waals surface area contributed by atoms with Crippen LogP contribution in [0.2, 0.25) is 0 Å². The SMILES string of the molecule is CC(C)(C)c1ccc(-n2nc(-c3ccncc3)cc2-c2cccc(C(=O)NC(=O)C(N)Cc3ccc(O)cc3)c2)cc1. The Morgan fingerprint density at radius 3 is 2.26 bits per heavy atom. The first-order chi connectivity index (χ1) is 20.1. The van der Waals surface area contributed by atoms with Crippen molar-refractivity contribution in [2.24, 2.45) is 5.73 Å². The third-order valence-electron chi connectivity index (χ3n) is 7.05. The Labute approximate surface area is 244 Å². The fourth-order valence-corrected chi connectivity index (χ4v) is 4.63. The summed E-state index contributed by atoms with van der Waals surface area (Å²) < 4.78 is 1.86. The van der Waals surface area contributed by atoms with Crippen LogP contribution in [0.5, 0.6) is 5.75 Å². The Hall–Kier alpha value is -5.08. The molecule has 2 amide bonds. The summed E-state index contributed by atoms with van der Waals surface area (Å²) >= 11 is 0. The number of phenols is 1. The van der Waals surface area contributed by atoms with E-state index < -0.39 is 17.9 Å². The van der Waals surface area contributed by atoms with E-state index in [9.17, 15) is 14.7 Å². The second-order valence-corrected chi connectivity index (χ2v) is 11.2. The quantitative estimate of drug-likeness (QED) is 0.244. The van der Waals surface area contributed by atoms with Gasteiger partial charge in [0.2, 0.25) is 5.91 Å². The second kappa shape index (κ2) is 11.8. The van der Waals surface area contributed by atoms with E-state index in [4.69, 9.17) is 10.8 Å². The van der Waals surface area contributed by atoms with Gasteiger partial charge in [-0.25, -0.2) is 4.68 Å². The molecule has 8 heteroatoms. The monoisotopic (exact) mass is 559 g/mol. The van der Waals surface area contributed by atoms with Crippen molar-refractivity contribution in [3.8, 4) is 34.0 Å². The smallest absolute Gasteiger partial charge is 0.257 e. The van der Waals surface area contributed by atoms with Crippen molar-refractivity contribution in [2.75, 3.05) is 0 Å². The van der Waals surface area contributed by atoms with E-state index in [1.165, 1.54) is 17.7 Å². The number of carbonyl (C=O) groups excluding carboxylic acids is 2. The zero-order chi connectivity index (χ0) is 29.9. The fraction of sp³-hybridized carbons (Fsp3) is 0.176. The predicted octanol–water partition coefficient (Wildman–Crippen LogP) is 5.43. The minimum absolute atomic E-state index is 0.0133. The van der Waals surface area contributed by atoms with Gasteiger partial charge in [-0.1, -0.05) is 57.2 Å². The molecule has 0 aliphatic carbocycles. The number of nitrogens with zero attached hydrogens (tertiary/aromatic N) is 3. The number of imide groups is 1. The Morgan fingerprint density at radius 2 is 1.60 bits per heavy atom. The Bertz CT molecular complexity index is 1700. The highest BCUT2D eigenvalue weighted by atomic mass is 16.3. The van der Waals surface area contributed by atoms with Crippen LogP contribution >= 0.6 is 0 Å². The molecular weight excluding hydrogens is 526 g/mol. The highest BCUT2D eigenvalue weighted by Crippen LogP contribution is 2.30. The molecule has 5 aromatic rings. The van der Waals surface area contributed by atoms with E-state index in [0.717, 1.165) is 33.8 Å². The van der Waals surface area contributed by atoms with E-state index in [-0.39, 0.29) is 17.6 Å². The van der Waals surface area contributed by atoms with Crippen LogP contribution in [0.4, 0.5) is 0 Å². The van der Waals surface area contributed by atoms with Crippen LogP contribution in [0.1, 0.15) is 42.3 Å². The van der Waals surface area contributed by atoms with Crippen molar-refractivity contribution in [3.05, 3.63) is 120 Å². The normalized spacial score (nSPS) is 12.1. The van der Waals surface area contributed by atoms with E-state index >= 15 is 0 Å². The molecule has 1 unspecified atom stereocenters. The molecule has 0 aliphatic heterocycles. The lowest BCUT2D eigenvalue weighted by Gasteiger charge is -2.19. The zero-order valence-electron chi connectivity index (χ0n) is 23.8. The van der Waals surface area contributed by atoms with Crippen molar-refractivity contribution < 1.29 is 14.7 Å². The molecule has 8 nitrogen and oxygen atoms in total. The van der Waals surface area contributed by atoms with Crippen LogP contribution < -0.4 is 11.1 Å². The van der Waals surface area contributed by atoms with Crippen molar-refractivity contribution in [1.29, 1.82) is 0 Å². The maximum Gasteiger partial charge on any atom is 0.257 e. The van der Waals surface area contributed by atoms with Crippen molar-refractivity contribution in [3.63, 3.8) is 0 Å². The molecule has 3 aromatic carbocycles. The summed E-state index contributed by atoms with van der Waals surface area (Å²) in [5.41, 5.74) is 12.5. The fourth-order valence-electron chi connectivity index (χ4n) is 4.63. The van der Waals surface area contributed by atoms with Crippen LogP contribution in [0, 0.1) is 0 Å². The summed E-state index contributed by atoms with van der Waals surface area (Å²) in [6.45, 7) is 6.51. The summed E-state index contributed by atoms with van der Waals surface area (Å²) in [6.07, 6.45) is 3.67. The van der Waals surface area contributed by atoms with Crippen molar-refractivity contribution >= 4 is 11.8 Å². The van der Waals surface area contributed by atoms with Gasteiger partial charge in [0.25, 0.3) is 5.91 Å². The largest absolute Gasteiger partial charge is 0.508 e. The number of aromatic hydroxyl groups is 1. The lowest BCUT2D eigenvalue weighted by Crippen LogP contribution is -2.44. The molecule has 0 bridgehead atoms. The van der Waals surface area contributed by atoms with E-state index in [2.05, 4.69) is 43.2 Å². The van der Waals surface area contributed by atoms with Crippen LogP contribution in [0.3, 0.4) is 0 Å². The average molecular weight is 560 g/mol. The summed E-state index contributed by atoms with van der Waals surface area (Å²) in [7, 11) is 0. The lowest BCUT2D eigenvalue weighted by atomic mass is 9.87. The van der Waals surface area contributed by atoms with Gasteiger partial charge in [0.05, 0.1) is 23.1 Å². The van der Waals surface area contributed by atoms with Gasteiger partial charge < -0.3 is 10.8 Å². The topological polar surface area (TPSA) is 123 Å². The number of phenolic OH excluding ortho intramolecular Hbond substituents is 1. The van der Waals surface area contributed by atoms with E-state index in [1.54, 1.807) is 42.7 Å². The van der Waals surface area contributed by atoms with Gasteiger partial charge in [-0.05, 0) is 77.6 Å². The van der Waals surface area contributed by atoms with Crippen LogP contribution in [0.15, 0.2) is 103 Å². The third kappa shape index (κ3) is 6.45. The van der Waals surface area contributed by atoms with Gasteiger partial charge in [-0.15, -0.1) is 0 Å². The number of benzene rings is 3. The number of carbonyl (C=O) groups is 2. The molecule has 0 aliphatic rings. The highest BCUT2D eigenvalue weighted by molar-refractivity contribution is 6.06. The highest BCUT2D eigenvalue weighted by Gasteiger charge is 2.20. The predicted molar refractivity (Wildman–Crippen MR) is 163 cm³/mol. The first-order valence-corrected chi connectivity index (χ1v) is 13.7. The van der Waals surface area contributed by atoms with Gasteiger partial charge in [0, 0.05) is 29.1 Å². The van der Waals surface area contributed by atoms with Gasteiger partial charge in [0.1, 0.15) is 5.75 Å². The minimum Gasteiger partial charge on any atom is -0.508 e. The number of nitrogens with one attached hydrogen (secondary N) is 1. The Kier molecular flexibility index (Phi) is 7.99. The van der Waals surface area contributed by atoms with Crippen molar-refractivity contribution in [1.82, 2.24) is 20.1 Å². The molecular formula is C34H33N5O3. The first kappa shape index (κ1) is 28.4. The maximum atomic E-state index is 13.1. The molecule has 0 radical (unpaired) electrons. The Balaban J connectivity index is 1.43. The van der Waals surface area contributed by atoms with Crippen molar-refractivity contribution in [2.45, 2.75) is 38.6 Å². The lowest BCUT2D eigenvalue weighted by molar-refractivity contribution is -0.121. The van der Waals surface area contributed by atoms with Crippen LogP contribution in [-0.4, -0.2) is 37.7 Å². The standard InChI is InChI=1S/C34H33N5O3/c1-34(2,3)26-9-11-27(12-10-26)39-31(21-30(38-39)23-15-17-36-18-16-23)24-5-4-6-25(20-24)32(41)37-33(42)29(35)19-22-7-13-28(40)14-8-22/h4-18,20-21,29,40H,19,35H2,1-3H3,(H,37,41,42). The molecule has 42 heavy (non-hydrogen) atoms. The summed E-state index contributed by atoms with van der Waals surface area (Å²) in [5.74, 6) is -0.997. The summed E-state index contributed by atoms with van der Waals surface area (Å²) in [6, 6.07) is 26.6. The summed E-state index contributed by atoms with van der Waals surface area (Å²) in [5, 5.41) is 16.8. The number of hydrogen-bond acceptors (Lipinski definition) is 6. The van der Waals surface area contributed by atoms with Gasteiger partial charge in [0.15, 0.2) is 0 Å². The molecule has 2 aromatic heterocycles. The van der Waals surface area contributed by atoms with E-state index in [0.29, 0.717) is 5.56 Å². The third-order valence-corrected chi connectivity index (χ3v) is 7.05. The molecule has 5 rings (SSSR count). The Morgan fingerprint density at radius 1 is 0.905 bits per heavy atom. The molecule has 4 N–H and O–H groups in total. The van der Waals surface area contributed by atoms with Crippen LogP contribution in [0.25, 0.3) is 28.2 Å². The molecule has 1 atom stereocenters. The number of nitrogens with two attached hydrogens (primary N) is 1. The van der Waals surface area contributed by atoms with E-state index in [1.807, 2.05) is 41.1 Å². The maximum absolute atomic E-state index is 13.1. The van der Waals surface area contributed by atoms with Crippen LogP contribution in [-0.2, 0) is 16.6 Å². The molecule has 0 spiro atoms. The number of aromatic nitrogens is 3.